The van der Waals surface area contributed by atoms with Gasteiger partial charge in [-0.25, -0.2) is 4.39 Å². The Kier molecular flexibility index (Phi) is 8.91. The summed E-state index contributed by atoms with van der Waals surface area (Å²) < 4.78 is 13.8. The van der Waals surface area contributed by atoms with Gasteiger partial charge in [-0.3, -0.25) is 19.2 Å². The predicted molar refractivity (Wildman–Crippen MR) is 116 cm³/mol. The van der Waals surface area contributed by atoms with E-state index in [9.17, 15) is 23.6 Å². The number of hydrogen-bond acceptors (Lipinski definition) is 5. The van der Waals surface area contributed by atoms with Gasteiger partial charge in [0.25, 0.3) is 0 Å². The third-order valence-corrected chi connectivity index (χ3v) is 5.64. The highest BCUT2D eigenvalue weighted by Gasteiger charge is 2.31. The molecule has 1 fully saturated rings. The van der Waals surface area contributed by atoms with Crippen LogP contribution in [-0.2, 0) is 24.6 Å². The number of carbonyl (C=O) groups excluding carboxylic acids is 3. The van der Waals surface area contributed by atoms with E-state index < -0.39 is 41.5 Å². The molecule has 1 aliphatic rings. The van der Waals surface area contributed by atoms with Crippen molar-refractivity contribution in [3.05, 3.63) is 35.1 Å². The quantitative estimate of drug-likeness (QED) is 0.393. The summed E-state index contributed by atoms with van der Waals surface area (Å²) in [6.45, 7) is 3.10. The minimum Gasteiger partial charge on any atom is -0.481 e. The van der Waals surface area contributed by atoms with E-state index in [0.717, 1.165) is 25.3 Å². The molecule has 0 aliphatic heterocycles. The van der Waals surface area contributed by atoms with Crippen molar-refractivity contribution < 1.29 is 28.7 Å². The summed E-state index contributed by atoms with van der Waals surface area (Å²) in [6.07, 6.45) is 2.16. The first-order chi connectivity index (χ1) is 15.5. The van der Waals surface area contributed by atoms with Crippen molar-refractivity contribution in [2.75, 3.05) is 6.54 Å². The van der Waals surface area contributed by atoms with E-state index >= 15 is 0 Å². The fourth-order valence-electron chi connectivity index (χ4n) is 3.40. The lowest BCUT2D eigenvalue weighted by molar-refractivity contribution is -0.138. The van der Waals surface area contributed by atoms with Crippen LogP contribution in [0.15, 0.2) is 18.2 Å². The molecule has 10 heteroatoms. The standard InChI is InChI=1S/C23H29FN4O5/c1-23(2,15-8-14(13-25)9-16(24)10-15)22(33)26-7-6-19(29)28-18(12-21(31)32)11-20(30)27-17-4-3-5-17/h8-10,17-18H,3-7,11-12H2,1-2H3,(H,26,33)(H,27,30)(H,28,29)(H,31,32)/t18-/m1/s1. The van der Waals surface area contributed by atoms with Crippen LogP contribution >= 0.6 is 0 Å². The first-order valence-electron chi connectivity index (χ1n) is 10.8. The Hall–Kier alpha value is -3.48. The van der Waals surface area contributed by atoms with Crippen molar-refractivity contribution in [1.29, 1.82) is 5.26 Å². The van der Waals surface area contributed by atoms with Gasteiger partial charge in [0.05, 0.1) is 23.5 Å². The monoisotopic (exact) mass is 460 g/mol. The van der Waals surface area contributed by atoms with Gasteiger partial charge in [-0.05, 0) is 56.9 Å². The number of carboxylic acid groups (broad SMARTS) is 1. The number of aliphatic carboxylic acids is 1. The largest absolute Gasteiger partial charge is 0.481 e. The molecule has 2 rings (SSSR count). The van der Waals surface area contributed by atoms with Crippen LogP contribution in [0.4, 0.5) is 4.39 Å². The Labute approximate surface area is 191 Å². The highest BCUT2D eigenvalue weighted by atomic mass is 19.1. The van der Waals surface area contributed by atoms with E-state index in [1.807, 2.05) is 6.07 Å². The molecule has 33 heavy (non-hydrogen) atoms. The van der Waals surface area contributed by atoms with E-state index in [-0.39, 0.29) is 36.9 Å². The molecule has 1 aromatic carbocycles. The molecule has 4 N–H and O–H groups in total. The smallest absolute Gasteiger partial charge is 0.305 e. The number of rotatable bonds is 11. The number of amides is 3. The second kappa shape index (κ2) is 11.4. The summed E-state index contributed by atoms with van der Waals surface area (Å²) in [7, 11) is 0. The average Bonchev–Trinajstić information content (AvgIpc) is 2.69. The number of nitriles is 1. The molecule has 1 atom stereocenters. The normalized spacial score (nSPS) is 14.4. The van der Waals surface area contributed by atoms with Crippen LogP contribution in [0.25, 0.3) is 0 Å². The van der Waals surface area contributed by atoms with Crippen LogP contribution in [0.1, 0.15) is 63.5 Å². The SMILES string of the molecule is CC(C)(C(=O)NCCC(=O)N[C@@H](CC(=O)O)CC(=O)NC1CCC1)c1cc(F)cc(C#N)c1. The molecule has 178 valence electrons. The van der Waals surface area contributed by atoms with E-state index in [2.05, 4.69) is 16.0 Å². The van der Waals surface area contributed by atoms with E-state index in [1.54, 1.807) is 13.8 Å². The molecular formula is C23H29FN4O5. The number of halogens is 1. The van der Waals surface area contributed by atoms with Crippen molar-refractivity contribution in [2.24, 2.45) is 0 Å². The maximum atomic E-state index is 13.8. The lowest BCUT2D eigenvalue weighted by Gasteiger charge is -2.27. The summed E-state index contributed by atoms with van der Waals surface area (Å²) in [5.41, 5.74) is -0.744. The zero-order valence-electron chi connectivity index (χ0n) is 18.7. The van der Waals surface area contributed by atoms with Gasteiger partial charge in [-0.2, -0.15) is 5.26 Å². The van der Waals surface area contributed by atoms with Crippen LogP contribution in [0.2, 0.25) is 0 Å². The molecule has 0 saturated heterocycles. The van der Waals surface area contributed by atoms with Gasteiger partial charge in [0.2, 0.25) is 17.7 Å². The Morgan fingerprint density at radius 3 is 2.45 bits per heavy atom. The second-order valence-electron chi connectivity index (χ2n) is 8.73. The number of nitrogens with one attached hydrogen (secondary N) is 3. The summed E-state index contributed by atoms with van der Waals surface area (Å²) in [5, 5.41) is 26.0. The molecule has 0 heterocycles. The molecule has 3 amide bonds. The number of benzene rings is 1. The van der Waals surface area contributed by atoms with E-state index in [4.69, 9.17) is 10.4 Å². The van der Waals surface area contributed by atoms with Gasteiger partial charge in [-0.1, -0.05) is 0 Å². The van der Waals surface area contributed by atoms with Gasteiger partial charge >= 0.3 is 5.97 Å². The minimum absolute atomic E-state index is 0.0391. The van der Waals surface area contributed by atoms with Crippen molar-refractivity contribution in [3.8, 4) is 6.07 Å². The molecular weight excluding hydrogens is 431 g/mol. The zero-order chi connectivity index (χ0) is 24.6. The van der Waals surface area contributed by atoms with Crippen molar-refractivity contribution in [3.63, 3.8) is 0 Å². The molecule has 1 aliphatic carbocycles. The molecule has 0 bridgehead atoms. The van der Waals surface area contributed by atoms with Crippen molar-refractivity contribution in [2.45, 2.75) is 69.9 Å². The number of nitrogens with zero attached hydrogens (tertiary/aromatic N) is 1. The van der Waals surface area contributed by atoms with Crippen LogP contribution < -0.4 is 16.0 Å². The van der Waals surface area contributed by atoms with Crippen molar-refractivity contribution in [1.82, 2.24) is 16.0 Å². The van der Waals surface area contributed by atoms with Crippen LogP contribution in [0.3, 0.4) is 0 Å². The average molecular weight is 461 g/mol. The topological polar surface area (TPSA) is 148 Å². The van der Waals surface area contributed by atoms with Gasteiger partial charge in [0.1, 0.15) is 5.82 Å². The van der Waals surface area contributed by atoms with Crippen LogP contribution in [-0.4, -0.2) is 47.4 Å². The summed E-state index contributed by atoms with van der Waals surface area (Å²) in [4.78, 5) is 48.1. The third kappa shape index (κ3) is 7.86. The molecule has 1 aromatic rings. The van der Waals surface area contributed by atoms with E-state index in [1.165, 1.54) is 12.1 Å². The third-order valence-electron chi connectivity index (χ3n) is 5.64. The van der Waals surface area contributed by atoms with Gasteiger partial charge in [0, 0.05) is 31.5 Å². The Morgan fingerprint density at radius 2 is 1.88 bits per heavy atom. The number of carbonyl (C=O) groups is 4. The van der Waals surface area contributed by atoms with Gasteiger partial charge in [0.15, 0.2) is 0 Å². The van der Waals surface area contributed by atoms with Gasteiger partial charge in [-0.15, -0.1) is 0 Å². The number of carboxylic acids is 1. The molecule has 0 spiro atoms. The maximum absolute atomic E-state index is 13.8. The lowest BCUT2D eigenvalue weighted by atomic mass is 9.83. The van der Waals surface area contributed by atoms with Crippen LogP contribution in [0.5, 0.6) is 0 Å². The zero-order valence-corrected chi connectivity index (χ0v) is 18.7. The summed E-state index contributed by atoms with van der Waals surface area (Å²) in [5.74, 6) is -3.05. The first kappa shape index (κ1) is 25.8. The van der Waals surface area contributed by atoms with Crippen LogP contribution in [0, 0.1) is 17.1 Å². The molecule has 1 saturated carbocycles. The fraction of sp³-hybridized carbons (Fsp3) is 0.522. The summed E-state index contributed by atoms with van der Waals surface area (Å²) >= 11 is 0. The Morgan fingerprint density at radius 1 is 1.18 bits per heavy atom. The van der Waals surface area contributed by atoms with E-state index in [0.29, 0.717) is 5.56 Å². The molecule has 9 nitrogen and oxygen atoms in total. The Bertz CT molecular complexity index is 953. The highest BCUT2D eigenvalue weighted by Crippen LogP contribution is 2.25. The second-order valence-corrected chi connectivity index (χ2v) is 8.73. The minimum atomic E-state index is -1.16. The number of hydrogen-bond donors (Lipinski definition) is 4. The maximum Gasteiger partial charge on any atom is 0.305 e. The molecule has 0 radical (unpaired) electrons. The Balaban J connectivity index is 1.86. The first-order valence-corrected chi connectivity index (χ1v) is 10.8. The molecule has 0 unspecified atom stereocenters. The van der Waals surface area contributed by atoms with Crippen molar-refractivity contribution >= 4 is 23.7 Å². The lowest BCUT2D eigenvalue weighted by Crippen LogP contribution is -2.45. The highest BCUT2D eigenvalue weighted by molar-refractivity contribution is 5.88. The van der Waals surface area contributed by atoms with Gasteiger partial charge < -0.3 is 21.1 Å². The summed E-state index contributed by atoms with van der Waals surface area (Å²) in [6, 6.07) is 4.77. The predicted octanol–water partition coefficient (Wildman–Crippen LogP) is 1.50. The fourth-order valence-corrected chi connectivity index (χ4v) is 3.40. The molecule has 0 aromatic heterocycles.